The standard InChI is InChI=1S/C12H13BrN2S/c1-14-7-6-12-15-11(8-16-12)9-2-4-10(13)5-3-9/h2-5,8,14H,6-7H2,1H3. The van der Waals surface area contributed by atoms with Gasteiger partial charge in [0, 0.05) is 28.4 Å². The van der Waals surface area contributed by atoms with Crippen LogP contribution in [-0.4, -0.2) is 18.6 Å². The molecule has 0 aliphatic heterocycles. The summed E-state index contributed by atoms with van der Waals surface area (Å²) in [4.78, 5) is 4.61. The Hall–Kier alpha value is -0.710. The minimum atomic E-state index is 0.979. The Balaban J connectivity index is 2.15. The van der Waals surface area contributed by atoms with E-state index in [1.807, 2.05) is 19.2 Å². The van der Waals surface area contributed by atoms with Gasteiger partial charge in [0.1, 0.15) is 0 Å². The number of hydrogen-bond acceptors (Lipinski definition) is 3. The summed E-state index contributed by atoms with van der Waals surface area (Å²) in [5.41, 5.74) is 2.25. The predicted octanol–water partition coefficient (Wildman–Crippen LogP) is 3.33. The van der Waals surface area contributed by atoms with Crippen LogP contribution in [0.3, 0.4) is 0 Å². The zero-order chi connectivity index (χ0) is 11.4. The van der Waals surface area contributed by atoms with Crippen molar-refractivity contribution in [1.29, 1.82) is 0 Å². The van der Waals surface area contributed by atoms with Crippen molar-refractivity contribution in [2.75, 3.05) is 13.6 Å². The average Bonchev–Trinajstić information content (AvgIpc) is 2.76. The molecule has 0 amide bonds. The molecule has 84 valence electrons. The third-order valence-corrected chi connectivity index (χ3v) is 3.72. The van der Waals surface area contributed by atoms with Gasteiger partial charge in [0.2, 0.25) is 0 Å². The third kappa shape index (κ3) is 2.90. The smallest absolute Gasteiger partial charge is 0.0945 e. The Labute approximate surface area is 108 Å². The van der Waals surface area contributed by atoms with E-state index in [4.69, 9.17) is 0 Å². The normalized spacial score (nSPS) is 10.6. The van der Waals surface area contributed by atoms with Gasteiger partial charge >= 0.3 is 0 Å². The number of nitrogens with zero attached hydrogens (tertiary/aromatic N) is 1. The van der Waals surface area contributed by atoms with Crippen LogP contribution in [0.15, 0.2) is 34.1 Å². The fraction of sp³-hybridized carbons (Fsp3) is 0.250. The molecule has 2 aromatic rings. The van der Waals surface area contributed by atoms with Gasteiger partial charge in [-0.05, 0) is 19.2 Å². The highest BCUT2D eigenvalue weighted by Crippen LogP contribution is 2.23. The summed E-state index contributed by atoms with van der Waals surface area (Å²) in [6, 6.07) is 8.26. The Bertz CT molecular complexity index is 450. The molecule has 4 heteroatoms. The van der Waals surface area contributed by atoms with Crippen molar-refractivity contribution >= 4 is 27.3 Å². The van der Waals surface area contributed by atoms with E-state index < -0.39 is 0 Å². The van der Waals surface area contributed by atoms with E-state index in [-0.39, 0.29) is 0 Å². The second-order valence-corrected chi connectivity index (χ2v) is 5.35. The number of nitrogens with one attached hydrogen (secondary N) is 1. The van der Waals surface area contributed by atoms with Gasteiger partial charge in [0.15, 0.2) is 0 Å². The zero-order valence-electron chi connectivity index (χ0n) is 9.03. The van der Waals surface area contributed by atoms with Crippen LogP contribution in [0.5, 0.6) is 0 Å². The monoisotopic (exact) mass is 296 g/mol. The summed E-state index contributed by atoms with van der Waals surface area (Å²) in [6.45, 7) is 0.979. The van der Waals surface area contributed by atoms with Gasteiger partial charge in [-0.2, -0.15) is 0 Å². The molecule has 2 nitrogen and oxygen atoms in total. The Morgan fingerprint density at radius 2 is 2.06 bits per heavy atom. The van der Waals surface area contributed by atoms with Crippen molar-refractivity contribution in [2.45, 2.75) is 6.42 Å². The molecule has 2 rings (SSSR count). The Morgan fingerprint density at radius 3 is 2.75 bits per heavy atom. The van der Waals surface area contributed by atoms with E-state index >= 15 is 0 Å². The zero-order valence-corrected chi connectivity index (χ0v) is 11.4. The number of hydrogen-bond donors (Lipinski definition) is 1. The molecule has 0 saturated carbocycles. The predicted molar refractivity (Wildman–Crippen MR) is 72.9 cm³/mol. The van der Waals surface area contributed by atoms with Crippen LogP contribution in [0, 0.1) is 0 Å². The first-order valence-corrected chi connectivity index (χ1v) is 6.82. The third-order valence-electron chi connectivity index (χ3n) is 2.28. The highest BCUT2D eigenvalue weighted by atomic mass is 79.9. The molecule has 1 aromatic heterocycles. The van der Waals surface area contributed by atoms with Crippen LogP contribution in [0.2, 0.25) is 0 Å². The molecule has 16 heavy (non-hydrogen) atoms. The average molecular weight is 297 g/mol. The van der Waals surface area contributed by atoms with Crippen molar-refractivity contribution in [3.8, 4) is 11.3 Å². The van der Waals surface area contributed by atoms with E-state index in [0.29, 0.717) is 0 Å². The highest BCUT2D eigenvalue weighted by Gasteiger charge is 2.03. The first-order chi connectivity index (χ1) is 7.79. The minimum absolute atomic E-state index is 0.979. The topological polar surface area (TPSA) is 24.9 Å². The van der Waals surface area contributed by atoms with Gasteiger partial charge in [-0.15, -0.1) is 11.3 Å². The number of halogens is 1. The maximum absolute atomic E-state index is 4.61. The van der Waals surface area contributed by atoms with Gasteiger partial charge in [-0.3, -0.25) is 0 Å². The molecule has 0 radical (unpaired) electrons. The van der Waals surface area contributed by atoms with Gasteiger partial charge in [0.25, 0.3) is 0 Å². The molecule has 0 atom stereocenters. The molecule has 1 heterocycles. The first kappa shape index (κ1) is 11.8. The van der Waals surface area contributed by atoms with Crippen LogP contribution >= 0.6 is 27.3 Å². The highest BCUT2D eigenvalue weighted by molar-refractivity contribution is 9.10. The first-order valence-electron chi connectivity index (χ1n) is 5.14. The fourth-order valence-electron chi connectivity index (χ4n) is 1.41. The minimum Gasteiger partial charge on any atom is -0.319 e. The molecule has 0 fully saturated rings. The Morgan fingerprint density at radius 1 is 1.31 bits per heavy atom. The van der Waals surface area contributed by atoms with Crippen molar-refractivity contribution in [1.82, 2.24) is 10.3 Å². The van der Waals surface area contributed by atoms with Gasteiger partial charge in [-0.25, -0.2) is 4.98 Å². The van der Waals surface area contributed by atoms with E-state index in [1.54, 1.807) is 11.3 Å². The van der Waals surface area contributed by atoms with Gasteiger partial charge < -0.3 is 5.32 Å². The summed E-state index contributed by atoms with van der Waals surface area (Å²) in [5, 5.41) is 6.44. The molecule has 0 bridgehead atoms. The van der Waals surface area contributed by atoms with Crippen molar-refractivity contribution in [2.24, 2.45) is 0 Å². The van der Waals surface area contributed by atoms with Crippen LogP contribution < -0.4 is 5.32 Å². The van der Waals surface area contributed by atoms with Crippen LogP contribution in [0.4, 0.5) is 0 Å². The van der Waals surface area contributed by atoms with E-state index in [9.17, 15) is 0 Å². The van der Waals surface area contributed by atoms with E-state index in [2.05, 4.69) is 43.7 Å². The lowest BCUT2D eigenvalue weighted by atomic mass is 10.2. The number of likely N-dealkylation sites (N-methyl/N-ethyl adjacent to an activating group) is 1. The summed E-state index contributed by atoms with van der Waals surface area (Å²) < 4.78 is 1.10. The summed E-state index contributed by atoms with van der Waals surface area (Å²) in [7, 11) is 1.96. The second kappa shape index (κ2) is 5.57. The number of rotatable bonds is 4. The largest absolute Gasteiger partial charge is 0.319 e. The van der Waals surface area contributed by atoms with E-state index in [0.717, 1.165) is 23.1 Å². The maximum atomic E-state index is 4.61. The number of benzene rings is 1. The molecular weight excluding hydrogens is 284 g/mol. The lowest BCUT2D eigenvalue weighted by Gasteiger charge is -1.97. The van der Waals surface area contributed by atoms with Gasteiger partial charge in [0.05, 0.1) is 10.7 Å². The summed E-state index contributed by atoms with van der Waals surface area (Å²) in [5.74, 6) is 0. The Kier molecular flexibility index (Phi) is 4.09. The molecule has 1 aromatic carbocycles. The lowest BCUT2D eigenvalue weighted by molar-refractivity contribution is 0.788. The quantitative estimate of drug-likeness (QED) is 0.936. The molecule has 0 unspecified atom stereocenters. The molecule has 1 N–H and O–H groups in total. The SMILES string of the molecule is CNCCc1nc(-c2ccc(Br)cc2)cs1. The molecular formula is C12H13BrN2S. The van der Waals surface area contributed by atoms with Crippen molar-refractivity contribution in [3.63, 3.8) is 0 Å². The van der Waals surface area contributed by atoms with Crippen molar-refractivity contribution in [3.05, 3.63) is 39.1 Å². The second-order valence-electron chi connectivity index (χ2n) is 3.49. The van der Waals surface area contributed by atoms with Crippen LogP contribution in [0.1, 0.15) is 5.01 Å². The molecule has 0 aliphatic carbocycles. The number of thiazole rings is 1. The summed E-state index contributed by atoms with van der Waals surface area (Å²) >= 11 is 5.16. The molecule has 0 saturated heterocycles. The van der Waals surface area contributed by atoms with E-state index in [1.165, 1.54) is 10.6 Å². The van der Waals surface area contributed by atoms with Crippen molar-refractivity contribution < 1.29 is 0 Å². The number of aromatic nitrogens is 1. The molecule has 0 aliphatic rings. The van der Waals surface area contributed by atoms with Crippen LogP contribution in [0.25, 0.3) is 11.3 Å². The van der Waals surface area contributed by atoms with Gasteiger partial charge in [-0.1, -0.05) is 28.1 Å². The summed E-state index contributed by atoms with van der Waals surface area (Å²) in [6.07, 6.45) is 0.998. The van der Waals surface area contributed by atoms with Crippen LogP contribution in [-0.2, 0) is 6.42 Å². The fourth-order valence-corrected chi connectivity index (χ4v) is 2.48. The maximum Gasteiger partial charge on any atom is 0.0945 e. The lowest BCUT2D eigenvalue weighted by Crippen LogP contribution is -2.09. The molecule has 0 spiro atoms.